The van der Waals surface area contributed by atoms with Gasteiger partial charge in [-0.2, -0.15) is 5.10 Å². The van der Waals surface area contributed by atoms with E-state index in [1.807, 2.05) is 6.92 Å². The second-order valence-electron chi connectivity index (χ2n) is 6.00. The number of benzene rings is 1. The third-order valence-electron chi connectivity index (χ3n) is 4.06. The standard InChI is InChI=1S/C17H26N4OS/c1-13-4-5-16(14(2)12-13)15(3)19-20-17(23)18-6-7-21-8-10-22-11-9-21/h4-5,12H,6-11H2,1-3H3,(H2,18,20,23)/p+1/b19-15-. The molecule has 0 spiro atoms. The summed E-state index contributed by atoms with van der Waals surface area (Å²) in [6, 6.07) is 6.36. The summed E-state index contributed by atoms with van der Waals surface area (Å²) in [5.74, 6) is 0. The summed E-state index contributed by atoms with van der Waals surface area (Å²) in [5, 5.41) is 8.17. The number of rotatable bonds is 5. The Balaban J connectivity index is 1.75. The number of ether oxygens (including phenoxy) is 1. The molecule has 0 amide bonds. The smallest absolute Gasteiger partial charge is 0.187 e. The Hall–Kier alpha value is -1.50. The maximum Gasteiger partial charge on any atom is 0.187 e. The lowest BCUT2D eigenvalue weighted by atomic mass is 10.0. The molecule has 1 heterocycles. The maximum atomic E-state index is 5.35. The summed E-state index contributed by atoms with van der Waals surface area (Å²) in [5.41, 5.74) is 7.50. The molecule has 1 aliphatic heterocycles. The highest BCUT2D eigenvalue weighted by atomic mass is 32.1. The van der Waals surface area contributed by atoms with Crippen LogP contribution in [0.15, 0.2) is 23.3 Å². The SMILES string of the molecule is C/C(=N/NC(=S)NCC[NH+]1CCOCC1)c1ccc(C)cc1C. The van der Waals surface area contributed by atoms with Crippen LogP contribution >= 0.6 is 12.2 Å². The summed E-state index contributed by atoms with van der Waals surface area (Å²) >= 11 is 5.28. The predicted octanol–water partition coefficient (Wildman–Crippen LogP) is 0.407. The average Bonchev–Trinajstić information content (AvgIpc) is 2.53. The first kappa shape index (κ1) is 17.8. The predicted molar refractivity (Wildman–Crippen MR) is 98.2 cm³/mol. The number of thiocarbonyl (C=S) groups is 1. The van der Waals surface area contributed by atoms with E-state index in [0.29, 0.717) is 5.11 Å². The van der Waals surface area contributed by atoms with E-state index in [1.165, 1.54) is 11.1 Å². The second-order valence-corrected chi connectivity index (χ2v) is 6.40. The zero-order valence-electron chi connectivity index (χ0n) is 14.2. The van der Waals surface area contributed by atoms with Crippen LogP contribution in [0.2, 0.25) is 0 Å². The minimum absolute atomic E-state index is 0.571. The molecule has 0 radical (unpaired) electrons. The van der Waals surface area contributed by atoms with E-state index in [4.69, 9.17) is 17.0 Å². The Bertz CT molecular complexity index is 568. The highest BCUT2D eigenvalue weighted by Crippen LogP contribution is 2.11. The van der Waals surface area contributed by atoms with Crippen molar-refractivity contribution >= 4 is 23.0 Å². The van der Waals surface area contributed by atoms with E-state index >= 15 is 0 Å². The number of hydrogen-bond acceptors (Lipinski definition) is 3. The third kappa shape index (κ3) is 5.89. The van der Waals surface area contributed by atoms with Crippen molar-refractivity contribution in [1.29, 1.82) is 0 Å². The molecule has 3 N–H and O–H groups in total. The van der Waals surface area contributed by atoms with Crippen LogP contribution in [0.25, 0.3) is 0 Å². The van der Waals surface area contributed by atoms with Crippen LogP contribution < -0.4 is 15.6 Å². The van der Waals surface area contributed by atoms with E-state index in [0.717, 1.165) is 50.7 Å². The van der Waals surface area contributed by atoms with Gasteiger partial charge in [0.05, 0.1) is 32.0 Å². The average molecular weight is 335 g/mol. The number of quaternary nitrogens is 1. The Labute approximate surface area is 144 Å². The fourth-order valence-corrected chi connectivity index (χ4v) is 2.86. The van der Waals surface area contributed by atoms with E-state index in [-0.39, 0.29) is 0 Å². The van der Waals surface area contributed by atoms with Crippen LogP contribution in [-0.2, 0) is 4.74 Å². The molecular weight excluding hydrogens is 308 g/mol. The number of aryl methyl sites for hydroxylation is 2. The van der Waals surface area contributed by atoms with Gasteiger partial charge in [0.15, 0.2) is 5.11 Å². The van der Waals surface area contributed by atoms with E-state index in [9.17, 15) is 0 Å². The van der Waals surface area contributed by atoms with Crippen molar-refractivity contribution in [3.8, 4) is 0 Å². The van der Waals surface area contributed by atoms with E-state index in [2.05, 4.69) is 47.9 Å². The number of hydrazone groups is 1. The molecule has 1 aromatic rings. The Kier molecular flexibility index (Phi) is 6.95. The van der Waals surface area contributed by atoms with Crippen LogP contribution in [-0.4, -0.2) is 50.2 Å². The monoisotopic (exact) mass is 335 g/mol. The molecule has 0 bridgehead atoms. The van der Waals surface area contributed by atoms with Gasteiger partial charge in [0.1, 0.15) is 13.1 Å². The minimum Gasteiger partial charge on any atom is -0.370 e. The molecular formula is C17H27N4OS+. The highest BCUT2D eigenvalue weighted by Gasteiger charge is 2.12. The van der Waals surface area contributed by atoms with Gasteiger partial charge < -0.3 is 15.0 Å². The minimum atomic E-state index is 0.571. The maximum absolute atomic E-state index is 5.35. The van der Waals surface area contributed by atoms with Crippen LogP contribution in [0, 0.1) is 13.8 Å². The first-order valence-electron chi connectivity index (χ1n) is 8.13. The molecule has 5 nitrogen and oxygen atoms in total. The zero-order valence-corrected chi connectivity index (χ0v) is 15.1. The van der Waals surface area contributed by atoms with Gasteiger partial charge in [-0.15, -0.1) is 0 Å². The van der Waals surface area contributed by atoms with Gasteiger partial charge in [-0.3, -0.25) is 5.43 Å². The van der Waals surface area contributed by atoms with Gasteiger partial charge in [-0.25, -0.2) is 0 Å². The van der Waals surface area contributed by atoms with Crippen LogP contribution in [0.1, 0.15) is 23.6 Å². The Morgan fingerprint density at radius 1 is 1.30 bits per heavy atom. The van der Waals surface area contributed by atoms with Gasteiger partial charge in [0.2, 0.25) is 0 Å². The number of nitrogens with zero attached hydrogens (tertiary/aromatic N) is 1. The molecule has 6 heteroatoms. The van der Waals surface area contributed by atoms with Gasteiger partial charge >= 0.3 is 0 Å². The molecule has 1 aliphatic rings. The van der Waals surface area contributed by atoms with Crippen molar-refractivity contribution in [2.45, 2.75) is 20.8 Å². The van der Waals surface area contributed by atoms with Crippen molar-refractivity contribution < 1.29 is 9.64 Å². The van der Waals surface area contributed by atoms with Gasteiger partial charge in [0, 0.05) is 5.56 Å². The summed E-state index contributed by atoms with van der Waals surface area (Å²) in [4.78, 5) is 1.56. The Morgan fingerprint density at radius 2 is 2.04 bits per heavy atom. The van der Waals surface area contributed by atoms with Crippen LogP contribution in [0.4, 0.5) is 0 Å². The van der Waals surface area contributed by atoms with Crippen molar-refractivity contribution in [2.24, 2.45) is 5.10 Å². The molecule has 1 aromatic carbocycles. The van der Waals surface area contributed by atoms with Crippen molar-refractivity contribution in [1.82, 2.24) is 10.7 Å². The molecule has 2 rings (SSSR count). The number of morpholine rings is 1. The largest absolute Gasteiger partial charge is 0.370 e. The molecule has 0 aliphatic carbocycles. The van der Waals surface area contributed by atoms with Crippen LogP contribution in [0.5, 0.6) is 0 Å². The number of hydrogen-bond donors (Lipinski definition) is 3. The second kappa shape index (κ2) is 8.96. The molecule has 1 fully saturated rings. The quantitative estimate of drug-likeness (QED) is 0.414. The molecule has 0 atom stereocenters. The van der Waals surface area contributed by atoms with Gasteiger partial charge in [0.25, 0.3) is 0 Å². The first-order chi connectivity index (χ1) is 11.1. The summed E-state index contributed by atoms with van der Waals surface area (Å²) in [6.07, 6.45) is 0. The normalized spacial score (nSPS) is 16.2. The molecule has 23 heavy (non-hydrogen) atoms. The van der Waals surface area contributed by atoms with Crippen molar-refractivity contribution in [2.75, 3.05) is 39.4 Å². The summed E-state index contributed by atoms with van der Waals surface area (Å²) in [7, 11) is 0. The lowest BCUT2D eigenvalue weighted by Crippen LogP contribution is -3.14. The fourth-order valence-electron chi connectivity index (χ4n) is 2.72. The summed E-state index contributed by atoms with van der Waals surface area (Å²) in [6.45, 7) is 11.9. The molecule has 0 unspecified atom stereocenters. The van der Waals surface area contributed by atoms with E-state index < -0.39 is 0 Å². The Morgan fingerprint density at radius 3 is 2.74 bits per heavy atom. The van der Waals surface area contributed by atoms with Crippen LogP contribution in [0.3, 0.4) is 0 Å². The lowest BCUT2D eigenvalue weighted by Gasteiger charge is -2.23. The first-order valence-corrected chi connectivity index (χ1v) is 8.54. The van der Waals surface area contributed by atoms with Gasteiger partial charge in [-0.05, 0) is 38.6 Å². The lowest BCUT2D eigenvalue weighted by molar-refractivity contribution is -0.906. The van der Waals surface area contributed by atoms with E-state index in [1.54, 1.807) is 4.90 Å². The molecule has 0 aromatic heterocycles. The highest BCUT2D eigenvalue weighted by molar-refractivity contribution is 7.80. The summed E-state index contributed by atoms with van der Waals surface area (Å²) < 4.78 is 5.35. The fraction of sp³-hybridized carbons (Fsp3) is 0.529. The molecule has 1 saturated heterocycles. The number of nitrogens with one attached hydrogen (secondary N) is 3. The van der Waals surface area contributed by atoms with Crippen molar-refractivity contribution in [3.05, 3.63) is 34.9 Å². The third-order valence-corrected chi connectivity index (χ3v) is 4.30. The van der Waals surface area contributed by atoms with Crippen molar-refractivity contribution in [3.63, 3.8) is 0 Å². The molecule has 0 saturated carbocycles. The topological polar surface area (TPSA) is 50.1 Å². The molecule has 126 valence electrons. The zero-order chi connectivity index (χ0) is 16.7. The van der Waals surface area contributed by atoms with Gasteiger partial charge in [-0.1, -0.05) is 23.8 Å².